The van der Waals surface area contributed by atoms with E-state index in [4.69, 9.17) is 0 Å². The molecule has 0 spiro atoms. The molecule has 90 valence electrons. The maximum absolute atomic E-state index is 12.0. The molecule has 1 aromatic carbocycles. The van der Waals surface area contributed by atoms with Gasteiger partial charge in [-0.3, -0.25) is 0 Å². The van der Waals surface area contributed by atoms with E-state index in [1.165, 1.54) is 6.07 Å². The molecule has 0 bridgehead atoms. The largest absolute Gasteiger partial charge is 0.573 e. The van der Waals surface area contributed by atoms with Crippen molar-refractivity contribution in [1.29, 1.82) is 0 Å². The molecule has 0 radical (unpaired) electrons. The average molecular weight is 409 g/mol. The van der Waals surface area contributed by atoms with Crippen LogP contribution in [0.25, 0.3) is 0 Å². The molecule has 0 heterocycles. The molecule has 6 heteroatoms. The molecule has 16 heavy (non-hydrogen) atoms. The average Bonchev–Trinajstić information content (AvgIpc) is 2.17. The zero-order valence-corrected chi connectivity index (χ0v) is 11.9. The van der Waals surface area contributed by atoms with Crippen LogP contribution in [-0.4, -0.2) is 11.7 Å². The smallest absolute Gasteiger partial charge is 0.405 e. The van der Waals surface area contributed by atoms with Gasteiger partial charge in [-0.1, -0.05) is 22.0 Å². The molecule has 0 amide bonds. The first kappa shape index (κ1) is 14.1. The lowest BCUT2D eigenvalue weighted by Gasteiger charge is -2.11. The molecule has 0 N–H and O–H groups in total. The van der Waals surface area contributed by atoms with Gasteiger partial charge in [-0.15, -0.1) is 13.2 Å². The summed E-state index contributed by atoms with van der Waals surface area (Å²) in [7, 11) is 0. The minimum Gasteiger partial charge on any atom is -0.405 e. The van der Waals surface area contributed by atoms with Crippen molar-refractivity contribution < 1.29 is 17.9 Å². The van der Waals surface area contributed by atoms with Crippen molar-refractivity contribution in [3.63, 3.8) is 0 Å². The van der Waals surface area contributed by atoms with Gasteiger partial charge in [0.2, 0.25) is 0 Å². The van der Waals surface area contributed by atoms with Gasteiger partial charge in [-0.05, 0) is 53.1 Å². The summed E-state index contributed by atoms with van der Waals surface area (Å²) in [6, 6.07) is 4.73. The molecule has 0 saturated heterocycles. The van der Waals surface area contributed by atoms with E-state index in [-0.39, 0.29) is 5.75 Å². The maximum atomic E-state index is 12.0. The fourth-order valence-electron chi connectivity index (χ4n) is 1.18. The van der Waals surface area contributed by atoms with Crippen molar-refractivity contribution in [1.82, 2.24) is 0 Å². The number of rotatable bonds is 4. The second kappa shape index (κ2) is 6.09. The second-order valence-electron chi connectivity index (χ2n) is 3.11. The van der Waals surface area contributed by atoms with Gasteiger partial charge >= 0.3 is 6.36 Å². The zero-order chi connectivity index (χ0) is 12.2. The molecule has 0 aliphatic heterocycles. The number of hydrogen-bond acceptors (Lipinski definition) is 1. The Balaban J connectivity index is 2.75. The Bertz CT molecular complexity index is 354. The van der Waals surface area contributed by atoms with E-state index in [2.05, 4.69) is 20.7 Å². The first-order valence-corrected chi connectivity index (χ1v) is 6.72. The van der Waals surface area contributed by atoms with Crippen LogP contribution in [0.1, 0.15) is 12.0 Å². The second-order valence-corrected chi connectivity index (χ2v) is 5.06. The van der Waals surface area contributed by atoms with Crippen molar-refractivity contribution in [2.75, 3.05) is 5.33 Å². The summed E-state index contributed by atoms with van der Waals surface area (Å²) in [4.78, 5) is 0. The lowest BCUT2D eigenvalue weighted by Crippen LogP contribution is -2.17. The Morgan fingerprint density at radius 2 is 2.00 bits per heavy atom. The van der Waals surface area contributed by atoms with Crippen LogP contribution >= 0.6 is 38.5 Å². The third kappa shape index (κ3) is 4.90. The summed E-state index contributed by atoms with van der Waals surface area (Å²) in [5.41, 5.74) is 1.01. The number of alkyl halides is 4. The molecule has 1 nitrogen and oxygen atoms in total. The van der Waals surface area contributed by atoms with Gasteiger partial charge in [0.1, 0.15) is 5.75 Å². The highest BCUT2D eigenvalue weighted by Gasteiger charge is 2.31. The van der Waals surface area contributed by atoms with E-state index in [9.17, 15) is 13.2 Å². The third-order valence-corrected chi connectivity index (χ3v) is 3.22. The molecule has 0 fully saturated rings. The van der Waals surface area contributed by atoms with Gasteiger partial charge in [0.05, 0.1) is 3.57 Å². The number of ether oxygens (including phenoxy) is 1. The van der Waals surface area contributed by atoms with E-state index in [0.717, 1.165) is 23.7 Å². The standard InChI is InChI=1S/C10H9BrF3IO/c11-5-1-2-7-3-4-9(8(15)6-7)16-10(12,13)14/h3-4,6H,1-2,5H2. The first-order chi connectivity index (χ1) is 7.42. The minimum atomic E-state index is -4.63. The highest BCUT2D eigenvalue weighted by atomic mass is 127. The van der Waals surface area contributed by atoms with Gasteiger partial charge in [0, 0.05) is 5.33 Å². The van der Waals surface area contributed by atoms with Gasteiger partial charge < -0.3 is 4.74 Å². The summed E-state index contributed by atoms with van der Waals surface area (Å²) in [6.07, 6.45) is -2.83. The summed E-state index contributed by atoms with van der Waals surface area (Å²) in [5.74, 6) is -0.143. The molecule has 0 aliphatic rings. The van der Waals surface area contributed by atoms with Crippen LogP contribution in [0.4, 0.5) is 13.2 Å². The van der Waals surface area contributed by atoms with Crippen molar-refractivity contribution in [2.45, 2.75) is 19.2 Å². The monoisotopic (exact) mass is 408 g/mol. The highest BCUT2D eigenvalue weighted by Crippen LogP contribution is 2.28. The van der Waals surface area contributed by atoms with Gasteiger partial charge in [-0.25, -0.2) is 0 Å². The van der Waals surface area contributed by atoms with Crippen molar-refractivity contribution >= 4 is 38.5 Å². The first-order valence-electron chi connectivity index (χ1n) is 4.52. The lowest BCUT2D eigenvalue weighted by molar-refractivity contribution is -0.274. The van der Waals surface area contributed by atoms with Crippen LogP contribution < -0.4 is 4.74 Å². The number of aryl methyl sites for hydroxylation is 1. The third-order valence-electron chi connectivity index (χ3n) is 1.82. The van der Waals surface area contributed by atoms with Gasteiger partial charge in [0.25, 0.3) is 0 Å². The van der Waals surface area contributed by atoms with E-state index < -0.39 is 6.36 Å². The van der Waals surface area contributed by atoms with Crippen molar-refractivity contribution in [3.8, 4) is 5.75 Å². The van der Waals surface area contributed by atoms with E-state index >= 15 is 0 Å². The lowest BCUT2D eigenvalue weighted by atomic mass is 10.1. The summed E-state index contributed by atoms with van der Waals surface area (Å²) in [6.45, 7) is 0. The fraction of sp³-hybridized carbons (Fsp3) is 0.400. The van der Waals surface area contributed by atoms with Crippen LogP contribution in [0, 0.1) is 3.57 Å². The van der Waals surface area contributed by atoms with Crippen molar-refractivity contribution in [2.24, 2.45) is 0 Å². The van der Waals surface area contributed by atoms with Gasteiger partial charge in [-0.2, -0.15) is 0 Å². The molecule has 0 unspecified atom stereocenters. The summed E-state index contributed by atoms with van der Waals surface area (Å²) < 4.78 is 40.3. The van der Waals surface area contributed by atoms with Crippen LogP contribution in [-0.2, 0) is 6.42 Å². The van der Waals surface area contributed by atoms with Crippen LogP contribution in [0.5, 0.6) is 5.75 Å². The molecule has 0 aromatic heterocycles. The van der Waals surface area contributed by atoms with Crippen LogP contribution in [0.2, 0.25) is 0 Å². The molecule has 0 saturated carbocycles. The fourth-order valence-corrected chi connectivity index (χ4v) is 2.15. The zero-order valence-electron chi connectivity index (χ0n) is 8.15. The topological polar surface area (TPSA) is 9.23 Å². The van der Waals surface area contributed by atoms with E-state index in [1.807, 2.05) is 22.6 Å². The summed E-state index contributed by atoms with van der Waals surface area (Å²) >= 11 is 5.15. The van der Waals surface area contributed by atoms with E-state index in [1.54, 1.807) is 12.1 Å². The Morgan fingerprint density at radius 3 is 2.50 bits per heavy atom. The number of halogens is 5. The molecular formula is C10H9BrF3IO. The van der Waals surface area contributed by atoms with Gasteiger partial charge in [0.15, 0.2) is 0 Å². The number of benzene rings is 1. The maximum Gasteiger partial charge on any atom is 0.573 e. The highest BCUT2D eigenvalue weighted by molar-refractivity contribution is 14.1. The van der Waals surface area contributed by atoms with Crippen LogP contribution in [0.3, 0.4) is 0 Å². The molecule has 0 aliphatic carbocycles. The number of hydrogen-bond donors (Lipinski definition) is 0. The quantitative estimate of drug-likeness (QED) is 0.525. The minimum absolute atomic E-state index is 0.143. The SMILES string of the molecule is FC(F)(F)Oc1ccc(CCCBr)cc1I. The Hall–Kier alpha value is 0.0200. The Morgan fingerprint density at radius 1 is 1.31 bits per heavy atom. The normalized spacial score (nSPS) is 11.6. The predicted octanol–water partition coefficient (Wildman–Crippen LogP) is 4.52. The molecular weight excluding hydrogens is 400 g/mol. The molecule has 1 aromatic rings. The Kier molecular flexibility index (Phi) is 5.36. The molecule has 0 atom stereocenters. The van der Waals surface area contributed by atoms with E-state index in [0.29, 0.717) is 3.57 Å². The van der Waals surface area contributed by atoms with Crippen LogP contribution in [0.15, 0.2) is 18.2 Å². The Labute approximate surface area is 114 Å². The van der Waals surface area contributed by atoms with Crippen molar-refractivity contribution in [3.05, 3.63) is 27.3 Å². The molecule has 1 rings (SSSR count). The summed E-state index contributed by atoms with van der Waals surface area (Å²) in [5, 5.41) is 0.879. The predicted molar refractivity (Wildman–Crippen MR) is 68.0 cm³/mol.